The number of pyridine rings is 1. The van der Waals surface area contributed by atoms with E-state index < -0.39 is 0 Å². The number of rotatable bonds is 3. The third-order valence-corrected chi connectivity index (χ3v) is 5.81. The molecular weight excluding hydrogens is 322 g/mol. The summed E-state index contributed by atoms with van der Waals surface area (Å²) in [6, 6.07) is 6.54. The Morgan fingerprint density at radius 1 is 1.17 bits per heavy atom. The number of aryl methyl sites for hydroxylation is 1. The molecule has 2 aliphatic heterocycles. The molecule has 0 bridgehead atoms. The molecule has 0 radical (unpaired) electrons. The van der Waals surface area contributed by atoms with Gasteiger partial charge in [0.2, 0.25) is 0 Å². The van der Waals surface area contributed by atoms with E-state index in [9.17, 15) is 4.79 Å². The number of carbonyl (C=O) groups excluding carboxylic acids is 1. The van der Waals surface area contributed by atoms with Crippen molar-refractivity contribution in [3.8, 4) is 0 Å². The Labute approximate surface area is 145 Å². The Morgan fingerprint density at radius 3 is 2.58 bits per heavy atom. The zero-order valence-electron chi connectivity index (χ0n) is 13.8. The summed E-state index contributed by atoms with van der Waals surface area (Å²) < 4.78 is 0. The van der Waals surface area contributed by atoms with Gasteiger partial charge in [-0.25, -0.2) is 9.97 Å². The molecule has 0 aromatic carbocycles. The highest BCUT2D eigenvalue weighted by Gasteiger charge is 2.37. The lowest BCUT2D eigenvalue weighted by Crippen LogP contribution is -2.64. The van der Waals surface area contributed by atoms with Gasteiger partial charge in [0, 0.05) is 51.5 Å². The largest absolute Gasteiger partial charge is 0.354 e. The number of hydrogen-bond acceptors (Lipinski definition) is 6. The minimum atomic E-state index is 0.137. The predicted molar refractivity (Wildman–Crippen MR) is 94.6 cm³/mol. The van der Waals surface area contributed by atoms with Gasteiger partial charge in [-0.1, -0.05) is 6.07 Å². The van der Waals surface area contributed by atoms with Gasteiger partial charge < -0.3 is 9.80 Å². The quantitative estimate of drug-likeness (QED) is 0.845. The molecular formula is C17H21N5OS. The SMILES string of the molecule is Cc1ncsc1C(=O)N1CC(N2CCN(c3ccccn3)CC2)C1. The summed E-state index contributed by atoms with van der Waals surface area (Å²) in [6.07, 6.45) is 1.85. The number of carbonyl (C=O) groups is 1. The molecule has 0 spiro atoms. The maximum atomic E-state index is 12.4. The summed E-state index contributed by atoms with van der Waals surface area (Å²) in [5.74, 6) is 1.20. The molecule has 0 aliphatic carbocycles. The lowest BCUT2D eigenvalue weighted by atomic mass is 10.1. The first-order valence-electron chi connectivity index (χ1n) is 8.32. The van der Waals surface area contributed by atoms with E-state index in [1.807, 2.05) is 30.2 Å². The van der Waals surface area contributed by atoms with Crippen LogP contribution in [0.1, 0.15) is 15.4 Å². The number of piperazine rings is 1. The number of thiazole rings is 1. The van der Waals surface area contributed by atoms with Gasteiger partial charge in [-0.3, -0.25) is 9.69 Å². The van der Waals surface area contributed by atoms with Gasteiger partial charge in [0.05, 0.1) is 11.2 Å². The summed E-state index contributed by atoms with van der Waals surface area (Å²) in [5, 5.41) is 0. The van der Waals surface area contributed by atoms with Crippen molar-refractivity contribution in [3.05, 3.63) is 40.5 Å². The Morgan fingerprint density at radius 2 is 1.96 bits per heavy atom. The summed E-state index contributed by atoms with van der Waals surface area (Å²) >= 11 is 1.44. The number of nitrogens with zero attached hydrogens (tertiary/aromatic N) is 5. The zero-order valence-corrected chi connectivity index (χ0v) is 14.6. The predicted octanol–water partition coefficient (Wildman–Crippen LogP) is 1.49. The van der Waals surface area contributed by atoms with E-state index >= 15 is 0 Å². The van der Waals surface area contributed by atoms with Crippen LogP contribution in [0.5, 0.6) is 0 Å². The highest BCUT2D eigenvalue weighted by molar-refractivity contribution is 7.11. The average molecular weight is 343 g/mol. The van der Waals surface area contributed by atoms with E-state index in [0.717, 1.165) is 55.7 Å². The van der Waals surface area contributed by atoms with E-state index in [1.54, 1.807) is 5.51 Å². The molecule has 2 fully saturated rings. The molecule has 24 heavy (non-hydrogen) atoms. The minimum Gasteiger partial charge on any atom is -0.354 e. The van der Waals surface area contributed by atoms with Crippen LogP contribution in [0, 0.1) is 6.92 Å². The van der Waals surface area contributed by atoms with E-state index in [-0.39, 0.29) is 5.91 Å². The Hall–Kier alpha value is -1.99. The van der Waals surface area contributed by atoms with Crippen LogP contribution in [-0.2, 0) is 0 Å². The first kappa shape index (κ1) is 15.5. The van der Waals surface area contributed by atoms with Crippen LogP contribution >= 0.6 is 11.3 Å². The molecule has 7 heteroatoms. The van der Waals surface area contributed by atoms with Crippen molar-refractivity contribution >= 4 is 23.1 Å². The van der Waals surface area contributed by atoms with Gasteiger partial charge in [0.1, 0.15) is 10.7 Å². The number of hydrogen-bond donors (Lipinski definition) is 0. The van der Waals surface area contributed by atoms with Crippen LogP contribution in [0.25, 0.3) is 0 Å². The maximum absolute atomic E-state index is 12.4. The monoisotopic (exact) mass is 343 g/mol. The highest BCUT2D eigenvalue weighted by Crippen LogP contribution is 2.23. The van der Waals surface area contributed by atoms with Crippen molar-refractivity contribution in [2.45, 2.75) is 13.0 Å². The molecule has 0 N–H and O–H groups in total. The van der Waals surface area contributed by atoms with Crippen molar-refractivity contribution in [2.24, 2.45) is 0 Å². The Kier molecular flexibility index (Phi) is 4.20. The van der Waals surface area contributed by atoms with Crippen molar-refractivity contribution < 1.29 is 4.79 Å². The number of likely N-dealkylation sites (tertiary alicyclic amines) is 1. The second kappa shape index (κ2) is 6.49. The second-order valence-corrected chi connectivity index (χ2v) is 7.20. The van der Waals surface area contributed by atoms with E-state index in [2.05, 4.69) is 25.8 Å². The molecule has 2 saturated heterocycles. The van der Waals surface area contributed by atoms with Crippen LogP contribution in [0.4, 0.5) is 5.82 Å². The smallest absolute Gasteiger partial charge is 0.265 e. The molecule has 1 amide bonds. The molecule has 0 saturated carbocycles. The fraction of sp³-hybridized carbons (Fsp3) is 0.471. The van der Waals surface area contributed by atoms with Gasteiger partial charge >= 0.3 is 0 Å². The van der Waals surface area contributed by atoms with Crippen LogP contribution in [0.15, 0.2) is 29.9 Å². The second-order valence-electron chi connectivity index (χ2n) is 6.34. The number of amides is 1. The molecule has 2 aliphatic rings. The lowest BCUT2D eigenvalue weighted by molar-refractivity contribution is 0.0249. The maximum Gasteiger partial charge on any atom is 0.265 e. The van der Waals surface area contributed by atoms with Gasteiger partial charge in [0.15, 0.2) is 0 Å². The first-order chi connectivity index (χ1) is 11.7. The first-order valence-corrected chi connectivity index (χ1v) is 9.20. The lowest BCUT2D eigenvalue weighted by Gasteiger charge is -2.48. The molecule has 0 unspecified atom stereocenters. The fourth-order valence-corrected chi connectivity index (χ4v) is 4.13. The molecule has 126 valence electrons. The van der Waals surface area contributed by atoms with E-state index in [0.29, 0.717) is 6.04 Å². The molecule has 4 heterocycles. The van der Waals surface area contributed by atoms with Gasteiger partial charge in [-0.15, -0.1) is 11.3 Å². The van der Waals surface area contributed by atoms with Crippen molar-refractivity contribution in [1.29, 1.82) is 0 Å². The summed E-state index contributed by atoms with van der Waals surface area (Å²) in [5.41, 5.74) is 2.59. The molecule has 6 nitrogen and oxygen atoms in total. The van der Waals surface area contributed by atoms with Crippen molar-refractivity contribution in [3.63, 3.8) is 0 Å². The minimum absolute atomic E-state index is 0.137. The van der Waals surface area contributed by atoms with Gasteiger partial charge in [-0.2, -0.15) is 0 Å². The van der Waals surface area contributed by atoms with Crippen molar-refractivity contribution in [1.82, 2.24) is 19.8 Å². The topological polar surface area (TPSA) is 52.6 Å². The Balaban J connectivity index is 1.28. The summed E-state index contributed by atoms with van der Waals surface area (Å²) in [4.78, 5) is 28.6. The van der Waals surface area contributed by atoms with Crippen molar-refractivity contribution in [2.75, 3.05) is 44.2 Å². The van der Waals surface area contributed by atoms with Crippen LogP contribution in [-0.4, -0.2) is 71.0 Å². The fourth-order valence-electron chi connectivity index (χ4n) is 3.36. The molecule has 4 rings (SSSR count). The third-order valence-electron chi connectivity index (χ3n) is 4.89. The molecule has 0 atom stereocenters. The summed E-state index contributed by atoms with van der Waals surface area (Å²) in [7, 11) is 0. The Bertz CT molecular complexity index is 705. The number of aromatic nitrogens is 2. The normalized spacial score (nSPS) is 19.4. The van der Waals surface area contributed by atoms with Crippen LogP contribution < -0.4 is 4.90 Å². The van der Waals surface area contributed by atoms with E-state index in [4.69, 9.17) is 0 Å². The van der Waals surface area contributed by atoms with Gasteiger partial charge in [0.25, 0.3) is 5.91 Å². The third kappa shape index (κ3) is 2.89. The highest BCUT2D eigenvalue weighted by atomic mass is 32.1. The zero-order chi connectivity index (χ0) is 16.5. The van der Waals surface area contributed by atoms with E-state index in [1.165, 1.54) is 11.3 Å². The average Bonchev–Trinajstić information content (AvgIpc) is 3.01. The number of anilines is 1. The van der Waals surface area contributed by atoms with Gasteiger partial charge in [-0.05, 0) is 19.1 Å². The van der Waals surface area contributed by atoms with Crippen LogP contribution in [0.2, 0.25) is 0 Å². The summed E-state index contributed by atoms with van der Waals surface area (Å²) in [6.45, 7) is 7.62. The molecule has 2 aromatic rings. The molecule has 2 aromatic heterocycles. The van der Waals surface area contributed by atoms with Crippen LogP contribution in [0.3, 0.4) is 0 Å². The standard InChI is InChI=1S/C17H21N5OS/c1-13-16(24-12-19-13)17(23)22-10-14(11-22)20-6-8-21(9-7-20)15-4-2-3-5-18-15/h2-5,12,14H,6-11H2,1H3.